The van der Waals surface area contributed by atoms with Gasteiger partial charge in [0.15, 0.2) is 5.78 Å². The molecule has 3 nitrogen and oxygen atoms in total. The van der Waals surface area contributed by atoms with Crippen LogP contribution in [0, 0.1) is 18.2 Å². The van der Waals surface area contributed by atoms with Crippen LogP contribution in [0.25, 0.3) is 0 Å². The van der Waals surface area contributed by atoms with E-state index < -0.39 is 0 Å². The Morgan fingerprint density at radius 3 is 2.55 bits per heavy atom. The number of carbonyl (C=O) groups excluding carboxylic acids is 1. The van der Waals surface area contributed by atoms with Crippen LogP contribution >= 0.6 is 0 Å². The Hall–Kier alpha value is -2.49. The molecule has 0 bridgehead atoms. The first-order valence-electron chi connectivity index (χ1n) is 6.24. The van der Waals surface area contributed by atoms with Crippen molar-refractivity contribution in [3.63, 3.8) is 0 Å². The van der Waals surface area contributed by atoms with Crippen molar-refractivity contribution in [1.29, 1.82) is 5.41 Å². The van der Waals surface area contributed by atoms with Gasteiger partial charge in [-0.3, -0.25) is 10.2 Å². The number of anilines is 1. The third-order valence-electron chi connectivity index (χ3n) is 2.82. The van der Waals surface area contributed by atoms with Gasteiger partial charge in [0.1, 0.15) is 11.7 Å². The predicted octanol–water partition coefficient (Wildman–Crippen LogP) is 3.80. The van der Waals surface area contributed by atoms with E-state index in [9.17, 15) is 9.18 Å². The standard InChI is InChI=1S/C16H15FN2O/c1-11-3-2-4-14(9-11)19-16(18)10-15(20)12-5-7-13(17)8-6-12/h2-9H,10H2,1H3,(H2,18,19). The minimum absolute atomic E-state index is 0.0421. The summed E-state index contributed by atoms with van der Waals surface area (Å²) in [7, 11) is 0. The number of aryl methyl sites for hydroxylation is 1. The Kier molecular flexibility index (Phi) is 4.25. The van der Waals surface area contributed by atoms with Gasteiger partial charge in [-0.15, -0.1) is 0 Å². The van der Waals surface area contributed by atoms with Gasteiger partial charge in [0, 0.05) is 11.3 Å². The molecule has 0 aromatic heterocycles. The molecule has 0 radical (unpaired) electrons. The molecular weight excluding hydrogens is 255 g/mol. The maximum atomic E-state index is 12.8. The van der Waals surface area contributed by atoms with Crippen molar-refractivity contribution < 1.29 is 9.18 Å². The summed E-state index contributed by atoms with van der Waals surface area (Å²) < 4.78 is 12.8. The van der Waals surface area contributed by atoms with Crippen molar-refractivity contribution in [2.45, 2.75) is 13.3 Å². The lowest BCUT2D eigenvalue weighted by Gasteiger charge is -2.08. The zero-order valence-corrected chi connectivity index (χ0v) is 11.1. The first-order chi connectivity index (χ1) is 9.54. The van der Waals surface area contributed by atoms with Gasteiger partial charge in [-0.05, 0) is 48.9 Å². The molecule has 0 aliphatic heterocycles. The molecule has 0 unspecified atom stereocenters. The zero-order chi connectivity index (χ0) is 14.5. The molecule has 2 rings (SSSR count). The number of carbonyl (C=O) groups is 1. The van der Waals surface area contributed by atoms with E-state index in [2.05, 4.69) is 5.32 Å². The Balaban J connectivity index is 1.97. The summed E-state index contributed by atoms with van der Waals surface area (Å²) in [5.74, 6) is -0.477. The minimum Gasteiger partial charge on any atom is -0.344 e. The predicted molar refractivity (Wildman–Crippen MR) is 77.9 cm³/mol. The van der Waals surface area contributed by atoms with Crippen molar-refractivity contribution in [1.82, 2.24) is 0 Å². The molecule has 0 amide bonds. The van der Waals surface area contributed by atoms with E-state index >= 15 is 0 Å². The average molecular weight is 270 g/mol. The molecule has 4 heteroatoms. The highest BCUT2D eigenvalue weighted by molar-refractivity contribution is 6.11. The van der Waals surface area contributed by atoms with Gasteiger partial charge in [-0.1, -0.05) is 12.1 Å². The molecule has 2 N–H and O–H groups in total. The zero-order valence-electron chi connectivity index (χ0n) is 11.1. The molecule has 0 atom stereocenters. The lowest BCUT2D eigenvalue weighted by molar-refractivity contribution is 0.100. The van der Waals surface area contributed by atoms with E-state index in [0.29, 0.717) is 5.56 Å². The Labute approximate surface area is 117 Å². The monoisotopic (exact) mass is 270 g/mol. The first kappa shape index (κ1) is 13.9. The van der Waals surface area contributed by atoms with E-state index in [-0.39, 0.29) is 23.9 Å². The van der Waals surface area contributed by atoms with E-state index in [0.717, 1.165) is 11.3 Å². The lowest BCUT2D eigenvalue weighted by atomic mass is 10.1. The van der Waals surface area contributed by atoms with Gasteiger partial charge < -0.3 is 5.32 Å². The number of nitrogens with one attached hydrogen (secondary N) is 2. The Morgan fingerprint density at radius 1 is 1.20 bits per heavy atom. The third kappa shape index (κ3) is 3.75. The van der Waals surface area contributed by atoms with E-state index in [1.54, 1.807) is 0 Å². The van der Waals surface area contributed by atoms with Crippen LogP contribution in [0.5, 0.6) is 0 Å². The number of hydrogen-bond acceptors (Lipinski definition) is 2. The highest BCUT2D eigenvalue weighted by Gasteiger charge is 2.09. The molecule has 0 heterocycles. The molecule has 0 saturated carbocycles. The lowest BCUT2D eigenvalue weighted by Crippen LogP contribution is -2.15. The van der Waals surface area contributed by atoms with Crippen LogP contribution in [0.2, 0.25) is 0 Å². The highest BCUT2D eigenvalue weighted by atomic mass is 19.1. The molecule has 0 aliphatic carbocycles. The maximum absolute atomic E-state index is 12.8. The SMILES string of the molecule is Cc1cccc(NC(=N)CC(=O)c2ccc(F)cc2)c1. The summed E-state index contributed by atoms with van der Waals surface area (Å²) in [6.07, 6.45) is -0.0421. The Morgan fingerprint density at radius 2 is 1.90 bits per heavy atom. The Bertz CT molecular complexity index is 635. The van der Waals surface area contributed by atoms with E-state index in [1.165, 1.54) is 24.3 Å². The number of ketones is 1. The van der Waals surface area contributed by atoms with Crippen LogP contribution in [0.3, 0.4) is 0 Å². The summed E-state index contributed by atoms with van der Waals surface area (Å²) >= 11 is 0. The molecule has 2 aromatic rings. The molecular formula is C16H15FN2O. The number of Topliss-reactive ketones (excluding diaryl/α,β-unsaturated/α-hetero) is 1. The molecule has 0 aliphatic rings. The van der Waals surface area contributed by atoms with Gasteiger partial charge in [0.05, 0.1) is 6.42 Å². The second-order valence-corrected chi connectivity index (χ2v) is 4.58. The van der Waals surface area contributed by atoms with Crippen molar-refractivity contribution in [2.75, 3.05) is 5.32 Å². The van der Waals surface area contributed by atoms with Gasteiger partial charge in [0.25, 0.3) is 0 Å². The van der Waals surface area contributed by atoms with Crippen LogP contribution < -0.4 is 5.32 Å². The largest absolute Gasteiger partial charge is 0.344 e. The number of rotatable bonds is 4. The fourth-order valence-corrected chi connectivity index (χ4v) is 1.84. The summed E-state index contributed by atoms with van der Waals surface area (Å²) in [5.41, 5.74) is 2.26. The van der Waals surface area contributed by atoms with Crippen LogP contribution in [0.4, 0.5) is 10.1 Å². The van der Waals surface area contributed by atoms with Crippen molar-refractivity contribution in [2.24, 2.45) is 0 Å². The fraction of sp³-hybridized carbons (Fsp3) is 0.125. The normalized spacial score (nSPS) is 10.1. The van der Waals surface area contributed by atoms with Crippen LogP contribution in [-0.4, -0.2) is 11.6 Å². The van der Waals surface area contributed by atoms with Gasteiger partial charge in [-0.2, -0.15) is 0 Å². The number of halogens is 1. The molecule has 0 fully saturated rings. The van der Waals surface area contributed by atoms with E-state index in [1.807, 2.05) is 31.2 Å². The van der Waals surface area contributed by atoms with Crippen molar-refractivity contribution in [3.8, 4) is 0 Å². The van der Waals surface area contributed by atoms with Gasteiger partial charge in [0.2, 0.25) is 0 Å². The smallest absolute Gasteiger partial charge is 0.170 e. The molecule has 20 heavy (non-hydrogen) atoms. The number of hydrogen-bond donors (Lipinski definition) is 2. The van der Waals surface area contributed by atoms with Crippen LogP contribution in [-0.2, 0) is 0 Å². The maximum Gasteiger partial charge on any atom is 0.170 e. The molecule has 0 spiro atoms. The third-order valence-corrected chi connectivity index (χ3v) is 2.82. The summed E-state index contributed by atoms with van der Waals surface area (Å²) in [5, 5.41) is 10.7. The minimum atomic E-state index is -0.380. The fourth-order valence-electron chi connectivity index (χ4n) is 1.84. The molecule has 0 saturated heterocycles. The average Bonchev–Trinajstić information content (AvgIpc) is 2.39. The summed E-state index contributed by atoms with van der Waals surface area (Å²) in [4.78, 5) is 11.9. The number of amidine groups is 1. The summed E-state index contributed by atoms with van der Waals surface area (Å²) in [6, 6.07) is 12.9. The quantitative estimate of drug-likeness (QED) is 0.504. The molecule has 102 valence electrons. The van der Waals surface area contributed by atoms with Crippen LogP contribution in [0.1, 0.15) is 22.3 Å². The van der Waals surface area contributed by atoms with Crippen LogP contribution in [0.15, 0.2) is 48.5 Å². The van der Waals surface area contributed by atoms with Gasteiger partial charge in [-0.25, -0.2) is 4.39 Å². The first-order valence-corrected chi connectivity index (χ1v) is 6.24. The second-order valence-electron chi connectivity index (χ2n) is 4.58. The van der Waals surface area contributed by atoms with Crippen molar-refractivity contribution >= 4 is 17.3 Å². The highest BCUT2D eigenvalue weighted by Crippen LogP contribution is 2.11. The topological polar surface area (TPSA) is 53.0 Å². The number of benzene rings is 2. The van der Waals surface area contributed by atoms with Gasteiger partial charge >= 0.3 is 0 Å². The summed E-state index contributed by atoms with van der Waals surface area (Å²) in [6.45, 7) is 1.96. The second kappa shape index (κ2) is 6.10. The van der Waals surface area contributed by atoms with Crippen molar-refractivity contribution in [3.05, 3.63) is 65.5 Å². The van der Waals surface area contributed by atoms with E-state index in [4.69, 9.17) is 5.41 Å². The molecule has 2 aromatic carbocycles.